The number of likely N-dealkylation sites (N-methyl/N-ethyl adjacent to an activating group) is 1. The van der Waals surface area contributed by atoms with Crippen LogP contribution >= 0.6 is 0 Å². The fourth-order valence-corrected chi connectivity index (χ4v) is 3.86. The largest absolute Gasteiger partial charge is 0.490 e. The molecule has 3 aromatic heterocycles. The third-order valence-electron chi connectivity index (χ3n) is 5.83. The number of pyridine rings is 1. The molecule has 8 nitrogen and oxygen atoms in total. The van der Waals surface area contributed by atoms with Crippen LogP contribution in [0.3, 0.4) is 0 Å². The minimum Gasteiger partial charge on any atom is -0.490 e. The molecule has 0 amide bonds. The van der Waals surface area contributed by atoms with Crippen molar-refractivity contribution in [1.29, 1.82) is 0 Å². The van der Waals surface area contributed by atoms with Gasteiger partial charge in [0.2, 0.25) is 0 Å². The highest BCUT2D eigenvalue weighted by atomic mass is 16.5. The van der Waals surface area contributed by atoms with Gasteiger partial charge in [0.15, 0.2) is 11.5 Å². The van der Waals surface area contributed by atoms with Crippen LogP contribution < -0.4 is 9.47 Å². The number of H-pyrrole nitrogens is 2. The van der Waals surface area contributed by atoms with Crippen molar-refractivity contribution in [3.63, 3.8) is 0 Å². The summed E-state index contributed by atoms with van der Waals surface area (Å²) in [7, 11) is 2.14. The molecule has 0 unspecified atom stereocenters. The Kier molecular flexibility index (Phi) is 11.3. The number of aromatic nitrogens is 5. The fourth-order valence-electron chi connectivity index (χ4n) is 3.86. The summed E-state index contributed by atoms with van der Waals surface area (Å²) in [6.07, 6.45) is 17.5. The van der Waals surface area contributed by atoms with E-state index in [9.17, 15) is 0 Å². The topological polar surface area (TPSA) is 92.0 Å². The van der Waals surface area contributed by atoms with Crippen LogP contribution in [0.2, 0.25) is 0 Å². The Balaban J connectivity index is 0.000000196. The van der Waals surface area contributed by atoms with Crippen LogP contribution in [0.1, 0.15) is 64.5 Å². The number of aromatic amines is 2. The molecule has 0 saturated heterocycles. The quantitative estimate of drug-likeness (QED) is 0.321. The van der Waals surface area contributed by atoms with Crippen LogP contribution in [-0.2, 0) is 0 Å². The summed E-state index contributed by atoms with van der Waals surface area (Å²) in [5.41, 5.74) is 4.25. The zero-order valence-corrected chi connectivity index (χ0v) is 21.4. The highest BCUT2D eigenvalue weighted by Crippen LogP contribution is 2.27. The lowest BCUT2D eigenvalue weighted by Gasteiger charge is -2.22. The van der Waals surface area contributed by atoms with Crippen molar-refractivity contribution >= 4 is 5.57 Å². The molecule has 0 saturated carbocycles. The molecule has 0 atom stereocenters. The van der Waals surface area contributed by atoms with Gasteiger partial charge in [-0.1, -0.05) is 45.6 Å². The number of hydrogen-bond acceptors (Lipinski definition) is 6. The van der Waals surface area contributed by atoms with Crippen molar-refractivity contribution in [3.8, 4) is 22.8 Å². The molecule has 2 N–H and O–H groups in total. The van der Waals surface area contributed by atoms with E-state index < -0.39 is 0 Å². The lowest BCUT2D eigenvalue weighted by Crippen LogP contribution is -2.25. The molecule has 0 aliphatic carbocycles. The Labute approximate surface area is 209 Å². The molecule has 8 heteroatoms. The van der Waals surface area contributed by atoms with Gasteiger partial charge in [-0.2, -0.15) is 10.2 Å². The Hall–Kier alpha value is -3.13. The molecule has 3 aromatic rings. The van der Waals surface area contributed by atoms with E-state index in [-0.39, 0.29) is 0 Å². The molecule has 35 heavy (non-hydrogen) atoms. The van der Waals surface area contributed by atoms with Gasteiger partial charge in [-0.05, 0) is 44.0 Å². The van der Waals surface area contributed by atoms with Crippen LogP contribution in [0, 0.1) is 0 Å². The first kappa shape index (κ1) is 26.5. The van der Waals surface area contributed by atoms with Crippen LogP contribution in [0.4, 0.5) is 0 Å². The molecule has 0 fully saturated rings. The van der Waals surface area contributed by atoms with Gasteiger partial charge in [0, 0.05) is 31.0 Å². The van der Waals surface area contributed by atoms with Crippen molar-refractivity contribution in [2.45, 2.75) is 58.8 Å². The van der Waals surface area contributed by atoms with Crippen LogP contribution in [0.15, 0.2) is 43.0 Å². The van der Waals surface area contributed by atoms with E-state index in [1.54, 1.807) is 24.8 Å². The maximum absolute atomic E-state index is 5.81. The van der Waals surface area contributed by atoms with Crippen molar-refractivity contribution in [1.82, 2.24) is 30.3 Å². The molecule has 0 aromatic carbocycles. The SMILES string of the molecule is CCCCCOc1cn[nH]c1-c1cccnc1.CCCCCOc1cn[nH]c1C1=CCCN(C)C1. The van der Waals surface area contributed by atoms with E-state index in [0.717, 1.165) is 74.0 Å². The third kappa shape index (κ3) is 8.55. The van der Waals surface area contributed by atoms with Crippen molar-refractivity contribution < 1.29 is 9.47 Å². The van der Waals surface area contributed by atoms with E-state index in [2.05, 4.69) is 57.2 Å². The van der Waals surface area contributed by atoms with Gasteiger partial charge in [-0.3, -0.25) is 15.2 Å². The summed E-state index contributed by atoms with van der Waals surface area (Å²) in [5, 5.41) is 14.1. The number of unbranched alkanes of at least 4 members (excludes halogenated alkanes) is 4. The highest BCUT2D eigenvalue weighted by molar-refractivity contribution is 5.69. The van der Waals surface area contributed by atoms with Gasteiger partial charge >= 0.3 is 0 Å². The smallest absolute Gasteiger partial charge is 0.164 e. The lowest BCUT2D eigenvalue weighted by molar-refractivity contribution is 0.304. The summed E-state index contributed by atoms with van der Waals surface area (Å²) < 4.78 is 11.5. The van der Waals surface area contributed by atoms with E-state index in [1.807, 2.05) is 12.1 Å². The standard InChI is InChI=1S/C14H23N3O.C13H17N3O/c1-3-4-5-9-18-13-10-15-16-14(13)12-7-6-8-17(2)11-12;1-2-3-4-8-17-12-10-15-16-13(12)11-6-5-7-14-9-11/h7,10H,3-6,8-9,11H2,1-2H3,(H,15,16);5-7,9-10H,2-4,8H2,1H3,(H,15,16). The number of hydrogen-bond donors (Lipinski definition) is 2. The van der Waals surface area contributed by atoms with Gasteiger partial charge in [0.05, 0.1) is 25.6 Å². The Bertz CT molecular complexity index is 998. The minimum atomic E-state index is 0.737. The number of nitrogens with one attached hydrogen (secondary N) is 2. The van der Waals surface area contributed by atoms with Gasteiger partial charge < -0.3 is 14.4 Å². The van der Waals surface area contributed by atoms with Crippen LogP contribution in [0.5, 0.6) is 11.5 Å². The van der Waals surface area contributed by atoms with Gasteiger partial charge in [-0.25, -0.2) is 0 Å². The Morgan fingerprint density at radius 3 is 2.14 bits per heavy atom. The van der Waals surface area contributed by atoms with Crippen molar-refractivity contribution in [2.24, 2.45) is 0 Å². The number of ether oxygens (including phenoxy) is 2. The molecule has 190 valence electrons. The summed E-state index contributed by atoms with van der Waals surface area (Å²) >= 11 is 0. The predicted octanol–water partition coefficient (Wildman–Crippen LogP) is 5.74. The summed E-state index contributed by atoms with van der Waals surface area (Å²) in [5.74, 6) is 1.70. The second-order valence-electron chi connectivity index (χ2n) is 8.83. The molecule has 4 heterocycles. The van der Waals surface area contributed by atoms with E-state index in [0.29, 0.717) is 0 Å². The zero-order valence-electron chi connectivity index (χ0n) is 21.4. The summed E-state index contributed by atoms with van der Waals surface area (Å²) in [6.45, 7) is 7.99. The van der Waals surface area contributed by atoms with Gasteiger partial charge in [-0.15, -0.1) is 0 Å². The molecule has 0 bridgehead atoms. The molecule has 0 spiro atoms. The number of rotatable bonds is 12. The average Bonchev–Trinajstić information content (AvgIpc) is 3.55. The molecule has 1 aliphatic rings. The van der Waals surface area contributed by atoms with E-state index in [4.69, 9.17) is 9.47 Å². The van der Waals surface area contributed by atoms with Crippen molar-refractivity contribution in [3.05, 3.63) is 48.7 Å². The molecule has 1 aliphatic heterocycles. The minimum absolute atomic E-state index is 0.737. The second kappa shape index (κ2) is 15.0. The lowest BCUT2D eigenvalue weighted by atomic mass is 10.1. The van der Waals surface area contributed by atoms with E-state index in [1.165, 1.54) is 31.3 Å². The van der Waals surface area contributed by atoms with E-state index >= 15 is 0 Å². The summed E-state index contributed by atoms with van der Waals surface area (Å²) in [4.78, 5) is 6.40. The summed E-state index contributed by atoms with van der Waals surface area (Å²) in [6, 6.07) is 3.89. The monoisotopic (exact) mass is 480 g/mol. The molecule has 0 radical (unpaired) electrons. The first-order chi connectivity index (χ1) is 17.2. The first-order valence-corrected chi connectivity index (χ1v) is 12.8. The highest BCUT2D eigenvalue weighted by Gasteiger charge is 2.16. The molecule has 4 rings (SSSR count). The third-order valence-corrected chi connectivity index (χ3v) is 5.83. The second-order valence-corrected chi connectivity index (χ2v) is 8.83. The maximum Gasteiger partial charge on any atom is 0.164 e. The van der Waals surface area contributed by atoms with Gasteiger partial charge in [0.1, 0.15) is 11.4 Å². The van der Waals surface area contributed by atoms with Crippen LogP contribution in [-0.4, -0.2) is 63.6 Å². The van der Waals surface area contributed by atoms with Gasteiger partial charge in [0.25, 0.3) is 0 Å². The van der Waals surface area contributed by atoms with Crippen LogP contribution in [0.25, 0.3) is 16.8 Å². The molecular weight excluding hydrogens is 440 g/mol. The Morgan fingerprint density at radius 2 is 1.54 bits per heavy atom. The predicted molar refractivity (Wildman–Crippen MR) is 141 cm³/mol. The maximum atomic E-state index is 5.81. The van der Waals surface area contributed by atoms with Crippen molar-refractivity contribution in [2.75, 3.05) is 33.4 Å². The zero-order chi connectivity index (χ0) is 24.7. The normalized spacial score (nSPS) is 13.6. The Morgan fingerprint density at radius 1 is 0.886 bits per heavy atom. The molecular formula is C27H40N6O2. The number of nitrogens with zero attached hydrogens (tertiary/aromatic N) is 4. The average molecular weight is 481 g/mol. The fraction of sp³-hybridized carbons (Fsp3) is 0.519. The first-order valence-electron chi connectivity index (χ1n) is 12.8.